The summed E-state index contributed by atoms with van der Waals surface area (Å²) in [5.74, 6) is 6.81. The van der Waals surface area contributed by atoms with Gasteiger partial charge in [-0.05, 0) is 165 Å². The van der Waals surface area contributed by atoms with Gasteiger partial charge in [-0.15, -0.1) is 0 Å². The number of aromatic nitrogens is 6. The molecule has 0 saturated heterocycles. The second-order valence-corrected chi connectivity index (χ2v) is 31.6. The van der Waals surface area contributed by atoms with Crippen molar-refractivity contribution in [3.05, 3.63) is 433 Å². The van der Waals surface area contributed by atoms with Crippen LogP contribution in [0.15, 0.2) is 382 Å². The van der Waals surface area contributed by atoms with E-state index in [4.69, 9.17) is 39.4 Å². The first-order chi connectivity index (χ1) is 57.8. The molecule has 0 saturated carbocycles. The Kier molecular flexibility index (Phi) is 14.6. The number of fused-ring (bicyclic) bond motifs is 24. The predicted octanol–water partition coefficient (Wildman–Crippen LogP) is 26.8. The fraction of sp³-hybridized carbons (Fsp3) is 0.0459. The molecule has 5 aliphatic rings. The standard InChI is InChI=1S/C109H68N6O2/c1-107-60-59-77(65-94(107)87-63-76(86-62-75-32-12-14-34-79(75)81-35-15-16-36-82(81)86)56-58-88(87)109(107)90-40-18-21-45-97(90)116-98-46-22-19-41-91(98)109)105-112-101(69-26-5-2-6-27-69)110-104(113-105)72-52-49-67(50-53-72)80-37-23-43-93-100(80)117-96-44-20-17-39-89(96)108(93)92-42-24-38-84(106-114-102(70-28-7-3-8-29-70)111-103(115-106)71-30-9-4-10-31-71)99(92)83-57-55-74(64-95(83)108)73-54-51-68-48-47-66-25-11-13-33-78(66)85(68)61-73/h2-59,61-65H,60H2,1H3. The van der Waals surface area contributed by atoms with Crippen LogP contribution in [-0.4, -0.2) is 29.9 Å². The van der Waals surface area contributed by atoms with E-state index in [0.29, 0.717) is 41.4 Å². The van der Waals surface area contributed by atoms with Gasteiger partial charge in [-0.1, -0.05) is 341 Å². The molecule has 0 amide bonds. The molecule has 117 heavy (non-hydrogen) atoms. The van der Waals surface area contributed by atoms with Crippen LogP contribution in [0.3, 0.4) is 0 Å². The van der Waals surface area contributed by atoms with Gasteiger partial charge in [-0.25, -0.2) is 29.9 Å². The lowest BCUT2D eigenvalue weighted by molar-refractivity contribution is 0.289. The number of nitrogens with zero attached hydrogens (tertiary/aromatic N) is 6. The molecule has 2 aromatic heterocycles. The van der Waals surface area contributed by atoms with E-state index in [1.807, 2.05) is 54.6 Å². The molecule has 2 spiro atoms. The second-order valence-electron chi connectivity index (χ2n) is 31.6. The van der Waals surface area contributed by atoms with Crippen LogP contribution in [0.1, 0.15) is 63.7 Å². The van der Waals surface area contributed by atoms with Crippen molar-refractivity contribution in [2.24, 2.45) is 5.41 Å². The quantitative estimate of drug-likeness (QED) is 0.132. The van der Waals surface area contributed by atoms with Crippen molar-refractivity contribution in [3.63, 3.8) is 0 Å². The first-order valence-corrected chi connectivity index (χ1v) is 40.1. The molecule has 8 heteroatoms. The minimum Gasteiger partial charge on any atom is -0.457 e. The Bertz CT molecular complexity index is 7400. The first kappa shape index (κ1) is 66.5. The van der Waals surface area contributed by atoms with E-state index in [2.05, 4.69) is 335 Å². The lowest BCUT2D eigenvalue weighted by Crippen LogP contribution is -2.44. The molecule has 0 radical (unpaired) electrons. The van der Waals surface area contributed by atoms with Gasteiger partial charge in [0, 0.05) is 66.6 Å². The van der Waals surface area contributed by atoms with Crippen molar-refractivity contribution in [2.45, 2.75) is 24.2 Å². The van der Waals surface area contributed by atoms with E-state index < -0.39 is 16.2 Å². The van der Waals surface area contributed by atoms with Crippen LogP contribution in [0.5, 0.6) is 23.0 Å². The SMILES string of the molecule is CC12CC=C(c3nc(-c4ccccc4)nc(-c4ccc(-c5cccc6c5Oc5ccccc5C65c6cc(-c7ccc8ccc9ccccc9c8c7)ccc6-c6c(-c7nc(-c8ccccc8)nc(-c8ccccc8)n7)cccc65)cc4)n3)C=C1c1cc(-c3cc4ccccc4c4ccccc34)ccc1C21c2ccccc2Oc2ccccc21. The largest absolute Gasteiger partial charge is 0.457 e. The number of rotatable bonds is 9. The number of para-hydroxylation sites is 4. The zero-order chi connectivity index (χ0) is 77.1. The van der Waals surface area contributed by atoms with E-state index in [9.17, 15) is 0 Å². The summed E-state index contributed by atoms with van der Waals surface area (Å²) >= 11 is 0. The van der Waals surface area contributed by atoms with E-state index in [-0.39, 0.29) is 0 Å². The van der Waals surface area contributed by atoms with Crippen molar-refractivity contribution >= 4 is 54.2 Å². The molecule has 17 aromatic carbocycles. The molecule has 546 valence electrons. The van der Waals surface area contributed by atoms with Crippen LogP contribution >= 0.6 is 0 Å². The van der Waals surface area contributed by atoms with E-state index in [0.717, 1.165) is 129 Å². The van der Waals surface area contributed by atoms with E-state index >= 15 is 0 Å². The summed E-state index contributed by atoms with van der Waals surface area (Å²) in [6.45, 7) is 2.47. The summed E-state index contributed by atoms with van der Waals surface area (Å²) in [6.07, 6.45) is 5.45. The predicted molar refractivity (Wildman–Crippen MR) is 472 cm³/mol. The molecule has 0 bridgehead atoms. The van der Waals surface area contributed by atoms with Crippen LogP contribution in [0.2, 0.25) is 0 Å². The summed E-state index contributed by atoms with van der Waals surface area (Å²) in [5.41, 5.74) is 22.2. The van der Waals surface area contributed by atoms with Crippen LogP contribution < -0.4 is 9.47 Å². The smallest absolute Gasteiger partial charge is 0.164 e. The molecule has 24 rings (SSSR count). The lowest BCUT2D eigenvalue weighted by Gasteiger charge is -2.49. The maximum absolute atomic E-state index is 7.50. The highest BCUT2D eigenvalue weighted by molar-refractivity contribution is 6.14. The van der Waals surface area contributed by atoms with Gasteiger partial charge in [-0.2, -0.15) is 0 Å². The van der Waals surface area contributed by atoms with Gasteiger partial charge in [0.05, 0.1) is 10.8 Å². The third-order valence-electron chi connectivity index (χ3n) is 25.5. The fourth-order valence-corrected chi connectivity index (χ4v) is 20.3. The molecule has 3 aliphatic carbocycles. The lowest BCUT2D eigenvalue weighted by atomic mass is 9.53. The van der Waals surface area contributed by atoms with Gasteiger partial charge in [0.15, 0.2) is 34.9 Å². The van der Waals surface area contributed by atoms with Crippen LogP contribution in [0, 0.1) is 5.41 Å². The Morgan fingerprint density at radius 1 is 0.256 bits per heavy atom. The molecule has 19 aromatic rings. The Hall–Kier alpha value is -15.1. The maximum atomic E-state index is 7.50. The van der Waals surface area contributed by atoms with Crippen LogP contribution in [0.4, 0.5) is 0 Å². The van der Waals surface area contributed by atoms with Gasteiger partial charge >= 0.3 is 0 Å². The van der Waals surface area contributed by atoms with Gasteiger partial charge in [0.25, 0.3) is 0 Å². The monoisotopic (exact) mass is 1490 g/mol. The molecular weight excluding hydrogens is 1430 g/mol. The molecule has 2 aliphatic heterocycles. The van der Waals surface area contributed by atoms with Crippen LogP contribution in [0.25, 0.3) is 156 Å². The van der Waals surface area contributed by atoms with Gasteiger partial charge in [-0.3, -0.25) is 0 Å². The summed E-state index contributed by atoms with van der Waals surface area (Å²) in [6, 6.07) is 133. The minimum absolute atomic E-state index is 0.505. The molecule has 0 N–H and O–H groups in total. The van der Waals surface area contributed by atoms with Gasteiger partial charge in [0.2, 0.25) is 0 Å². The number of hydrogen-bond acceptors (Lipinski definition) is 8. The second kappa shape index (κ2) is 25.7. The molecule has 0 fully saturated rings. The van der Waals surface area contributed by atoms with Gasteiger partial charge in [0.1, 0.15) is 23.0 Å². The summed E-state index contributed by atoms with van der Waals surface area (Å²) in [4.78, 5) is 32.5. The topological polar surface area (TPSA) is 95.8 Å². The summed E-state index contributed by atoms with van der Waals surface area (Å²) < 4.78 is 14.4. The zero-order valence-corrected chi connectivity index (χ0v) is 63.6. The van der Waals surface area contributed by atoms with Crippen molar-refractivity contribution < 1.29 is 9.47 Å². The van der Waals surface area contributed by atoms with Crippen molar-refractivity contribution in [3.8, 4) is 124 Å². The Balaban J connectivity index is 0.665. The minimum atomic E-state index is -0.914. The van der Waals surface area contributed by atoms with Crippen molar-refractivity contribution in [1.82, 2.24) is 29.9 Å². The Morgan fingerprint density at radius 2 is 0.726 bits per heavy atom. The molecule has 2 atom stereocenters. The van der Waals surface area contributed by atoms with Crippen molar-refractivity contribution in [1.29, 1.82) is 0 Å². The summed E-state index contributed by atoms with van der Waals surface area (Å²) in [5, 5.41) is 9.73. The first-order valence-electron chi connectivity index (χ1n) is 40.1. The number of hydrogen-bond donors (Lipinski definition) is 0. The Labute approximate surface area is 675 Å². The number of ether oxygens (including phenoxy) is 2. The van der Waals surface area contributed by atoms with Gasteiger partial charge < -0.3 is 9.47 Å². The van der Waals surface area contributed by atoms with E-state index in [1.54, 1.807) is 0 Å². The average molecular weight is 1490 g/mol. The maximum Gasteiger partial charge on any atom is 0.164 e. The summed E-state index contributed by atoms with van der Waals surface area (Å²) in [7, 11) is 0. The van der Waals surface area contributed by atoms with Crippen LogP contribution in [-0.2, 0) is 10.8 Å². The molecule has 8 nitrogen and oxygen atoms in total. The Morgan fingerprint density at radius 3 is 1.39 bits per heavy atom. The number of benzene rings is 17. The third-order valence-corrected chi connectivity index (χ3v) is 25.5. The van der Waals surface area contributed by atoms with Crippen molar-refractivity contribution in [2.75, 3.05) is 0 Å². The highest BCUT2D eigenvalue weighted by Gasteiger charge is 2.63. The number of allylic oxidation sites excluding steroid dienone is 4. The third kappa shape index (κ3) is 9.89. The average Bonchev–Trinajstić information content (AvgIpc) is 1.52. The highest BCUT2D eigenvalue weighted by Crippen LogP contribution is 2.72. The van der Waals surface area contributed by atoms with E-state index in [1.165, 1.54) is 65.4 Å². The molecular formula is C109H68N6O2. The highest BCUT2D eigenvalue weighted by atomic mass is 16.5. The molecule has 4 heterocycles. The molecule has 2 unspecified atom stereocenters. The fourth-order valence-electron chi connectivity index (χ4n) is 20.3. The zero-order valence-electron chi connectivity index (χ0n) is 63.6. The normalized spacial score (nSPS) is 16.1.